The summed E-state index contributed by atoms with van der Waals surface area (Å²) in [6.07, 6.45) is 3.27. The van der Waals surface area contributed by atoms with Crippen LogP contribution in [0.5, 0.6) is 5.75 Å². The van der Waals surface area contributed by atoms with E-state index in [4.69, 9.17) is 26.4 Å². The zero-order valence-electron chi connectivity index (χ0n) is 16.9. The number of hydrogen-bond acceptors (Lipinski definition) is 5. The normalized spacial score (nSPS) is 14.9. The molecule has 0 unspecified atom stereocenters. The van der Waals surface area contributed by atoms with E-state index < -0.39 is 5.97 Å². The monoisotopic (exact) mass is 444 g/mol. The summed E-state index contributed by atoms with van der Waals surface area (Å²) in [5.74, 6) is 0.569. The lowest BCUT2D eigenvalue weighted by Gasteiger charge is -2.31. The van der Waals surface area contributed by atoms with Gasteiger partial charge in [0.05, 0.1) is 23.2 Å². The lowest BCUT2D eigenvalue weighted by molar-refractivity contribution is -0.136. The molecule has 158 valence electrons. The van der Waals surface area contributed by atoms with Gasteiger partial charge in [-0.3, -0.25) is 4.79 Å². The number of benzene rings is 2. The van der Waals surface area contributed by atoms with Crippen LogP contribution in [0.15, 0.2) is 36.4 Å². The Kier molecular flexibility index (Phi) is 6.44. The smallest absolute Gasteiger partial charge is 0.307 e. The number of nitrogens with zero attached hydrogens (tertiary/aromatic N) is 2. The van der Waals surface area contributed by atoms with E-state index in [9.17, 15) is 4.79 Å². The standard InChI is InChI=1S/C23H25ClN2O3S/c1-15-10-17(13-22(27)28)12-19(11-15)29-9-6-16-4-7-26(8-5-16)23-25-20-3-2-18(24)14-21(20)30-23/h2-3,10-12,14,16H,4-9,13H2,1H3,(H,27,28). The van der Waals surface area contributed by atoms with Gasteiger partial charge in [-0.15, -0.1) is 0 Å². The zero-order chi connectivity index (χ0) is 21.1. The number of aliphatic carboxylic acids is 1. The van der Waals surface area contributed by atoms with Gasteiger partial charge in [-0.1, -0.05) is 29.0 Å². The van der Waals surface area contributed by atoms with Crippen molar-refractivity contribution in [1.82, 2.24) is 4.98 Å². The van der Waals surface area contributed by atoms with E-state index in [0.29, 0.717) is 12.5 Å². The number of carboxylic acid groups (broad SMARTS) is 1. The summed E-state index contributed by atoms with van der Waals surface area (Å²) in [5.41, 5.74) is 2.81. The fourth-order valence-corrected chi connectivity index (χ4v) is 5.26. The summed E-state index contributed by atoms with van der Waals surface area (Å²) in [5, 5.41) is 10.8. The largest absolute Gasteiger partial charge is 0.494 e. The van der Waals surface area contributed by atoms with E-state index in [2.05, 4.69) is 4.90 Å². The van der Waals surface area contributed by atoms with Gasteiger partial charge < -0.3 is 14.7 Å². The van der Waals surface area contributed by atoms with Crippen molar-refractivity contribution in [3.8, 4) is 5.75 Å². The summed E-state index contributed by atoms with van der Waals surface area (Å²) in [6.45, 7) is 4.63. The third-order valence-electron chi connectivity index (χ3n) is 5.49. The van der Waals surface area contributed by atoms with Crippen molar-refractivity contribution in [3.63, 3.8) is 0 Å². The Labute approximate surface area is 185 Å². The fraction of sp³-hybridized carbons (Fsp3) is 0.391. The van der Waals surface area contributed by atoms with Gasteiger partial charge in [0.25, 0.3) is 0 Å². The first-order valence-corrected chi connectivity index (χ1v) is 11.4. The minimum atomic E-state index is -0.825. The highest BCUT2D eigenvalue weighted by Gasteiger charge is 2.21. The molecule has 4 rings (SSSR count). The second-order valence-electron chi connectivity index (χ2n) is 7.90. The summed E-state index contributed by atoms with van der Waals surface area (Å²) in [4.78, 5) is 18.1. The molecule has 2 aromatic carbocycles. The molecule has 0 saturated carbocycles. The van der Waals surface area contributed by atoms with Crippen molar-refractivity contribution in [2.24, 2.45) is 5.92 Å². The fourth-order valence-electron chi connectivity index (χ4n) is 3.96. The van der Waals surface area contributed by atoms with E-state index in [1.165, 1.54) is 0 Å². The summed E-state index contributed by atoms with van der Waals surface area (Å²) < 4.78 is 7.08. The van der Waals surface area contributed by atoms with Crippen LogP contribution in [0.4, 0.5) is 5.13 Å². The average Bonchev–Trinajstić information content (AvgIpc) is 3.10. The number of aryl methyl sites for hydroxylation is 1. The molecule has 0 bridgehead atoms. The third-order valence-corrected chi connectivity index (χ3v) is 6.80. The number of carboxylic acids is 1. The predicted molar refractivity (Wildman–Crippen MR) is 122 cm³/mol. The number of halogens is 1. The molecule has 0 aliphatic carbocycles. The number of thiazole rings is 1. The van der Waals surface area contributed by atoms with Crippen molar-refractivity contribution in [3.05, 3.63) is 52.5 Å². The Hall–Kier alpha value is -2.31. The van der Waals surface area contributed by atoms with Crippen molar-refractivity contribution in [1.29, 1.82) is 0 Å². The first-order valence-electron chi connectivity index (χ1n) is 10.2. The second kappa shape index (κ2) is 9.23. The number of piperidine rings is 1. The Morgan fingerprint density at radius 1 is 1.27 bits per heavy atom. The molecule has 1 aromatic heterocycles. The second-order valence-corrected chi connectivity index (χ2v) is 9.35. The molecule has 1 fully saturated rings. The van der Waals surface area contributed by atoms with Crippen molar-refractivity contribution in [2.45, 2.75) is 32.6 Å². The number of aromatic nitrogens is 1. The Morgan fingerprint density at radius 2 is 2.07 bits per heavy atom. The molecular formula is C23H25ClN2O3S. The maximum Gasteiger partial charge on any atom is 0.307 e. The maximum atomic E-state index is 11.0. The molecule has 0 radical (unpaired) electrons. The number of fused-ring (bicyclic) bond motifs is 1. The van der Waals surface area contributed by atoms with Crippen molar-refractivity contribution in [2.75, 3.05) is 24.6 Å². The molecule has 0 atom stereocenters. The summed E-state index contributed by atoms with van der Waals surface area (Å²) >= 11 is 7.80. The number of hydrogen-bond donors (Lipinski definition) is 1. The highest BCUT2D eigenvalue weighted by atomic mass is 35.5. The number of carbonyl (C=O) groups is 1. The molecule has 1 aliphatic rings. The van der Waals surface area contributed by atoms with Crippen LogP contribution in [0.3, 0.4) is 0 Å². The third kappa shape index (κ3) is 5.24. The van der Waals surface area contributed by atoms with Gasteiger partial charge in [-0.05, 0) is 73.6 Å². The molecule has 1 N–H and O–H groups in total. The van der Waals surface area contributed by atoms with Crippen molar-refractivity contribution >= 4 is 44.3 Å². The maximum absolute atomic E-state index is 11.0. The van der Waals surface area contributed by atoms with Gasteiger partial charge >= 0.3 is 5.97 Å². The quantitative estimate of drug-likeness (QED) is 0.516. The predicted octanol–water partition coefficient (Wildman–Crippen LogP) is 5.57. The van der Waals surface area contributed by atoms with Gasteiger partial charge in [-0.2, -0.15) is 0 Å². The average molecular weight is 445 g/mol. The Balaban J connectivity index is 1.27. The van der Waals surface area contributed by atoms with Crippen LogP contribution in [-0.4, -0.2) is 35.8 Å². The minimum Gasteiger partial charge on any atom is -0.494 e. The molecule has 0 amide bonds. The topological polar surface area (TPSA) is 62.7 Å². The molecule has 7 heteroatoms. The molecule has 1 aliphatic heterocycles. The minimum absolute atomic E-state index is 0.0223. The van der Waals surface area contributed by atoms with Gasteiger partial charge in [0.2, 0.25) is 0 Å². The first kappa shape index (κ1) is 20.9. The van der Waals surface area contributed by atoms with Crippen LogP contribution in [0, 0.1) is 12.8 Å². The number of anilines is 1. The zero-order valence-corrected chi connectivity index (χ0v) is 18.5. The SMILES string of the molecule is Cc1cc(CC(=O)O)cc(OCCC2CCN(c3nc4ccc(Cl)cc4s3)CC2)c1. The van der Waals surface area contributed by atoms with Crippen LogP contribution < -0.4 is 9.64 Å². The number of ether oxygens (including phenoxy) is 1. The van der Waals surface area contributed by atoms with Gasteiger partial charge in [-0.25, -0.2) is 4.98 Å². The van der Waals surface area contributed by atoms with Crippen LogP contribution >= 0.6 is 22.9 Å². The van der Waals surface area contributed by atoms with E-state index in [-0.39, 0.29) is 6.42 Å². The van der Waals surface area contributed by atoms with Crippen LogP contribution in [0.25, 0.3) is 10.2 Å². The number of rotatable bonds is 7. The van der Waals surface area contributed by atoms with E-state index >= 15 is 0 Å². The Morgan fingerprint density at radius 3 is 2.83 bits per heavy atom. The van der Waals surface area contributed by atoms with Crippen LogP contribution in [0.1, 0.15) is 30.4 Å². The van der Waals surface area contributed by atoms with Crippen LogP contribution in [-0.2, 0) is 11.2 Å². The highest BCUT2D eigenvalue weighted by molar-refractivity contribution is 7.22. The van der Waals surface area contributed by atoms with Crippen molar-refractivity contribution < 1.29 is 14.6 Å². The van der Waals surface area contributed by atoms with Gasteiger partial charge in [0.15, 0.2) is 5.13 Å². The van der Waals surface area contributed by atoms with E-state index in [0.717, 1.165) is 69.6 Å². The molecular weight excluding hydrogens is 420 g/mol. The lowest BCUT2D eigenvalue weighted by atomic mass is 9.94. The molecule has 30 heavy (non-hydrogen) atoms. The summed E-state index contributed by atoms with van der Waals surface area (Å²) in [7, 11) is 0. The molecule has 5 nitrogen and oxygen atoms in total. The summed E-state index contributed by atoms with van der Waals surface area (Å²) in [6, 6.07) is 11.5. The van der Waals surface area contributed by atoms with Crippen LogP contribution in [0.2, 0.25) is 5.02 Å². The highest BCUT2D eigenvalue weighted by Crippen LogP contribution is 2.33. The van der Waals surface area contributed by atoms with Gasteiger partial charge in [0.1, 0.15) is 5.75 Å². The van der Waals surface area contributed by atoms with E-state index in [1.807, 2.05) is 43.3 Å². The molecule has 0 spiro atoms. The first-order chi connectivity index (χ1) is 14.5. The molecule has 2 heterocycles. The van der Waals surface area contributed by atoms with E-state index in [1.54, 1.807) is 11.3 Å². The van der Waals surface area contributed by atoms with Gasteiger partial charge in [0, 0.05) is 18.1 Å². The molecule has 3 aromatic rings. The lowest BCUT2D eigenvalue weighted by Crippen LogP contribution is -2.34. The molecule has 1 saturated heterocycles. The Bertz CT molecular complexity index is 1040.